The van der Waals surface area contributed by atoms with Crippen molar-refractivity contribution in [2.45, 2.75) is 62.0 Å². The Morgan fingerprint density at radius 2 is 1.75 bits per heavy atom. The maximum Gasteiger partial charge on any atom is 0.586 e. The van der Waals surface area contributed by atoms with Gasteiger partial charge in [-0.25, -0.2) is 23.1 Å². The van der Waals surface area contributed by atoms with E-state index in [-0.39, 0.29) is 29.8 Å². The zero-order chi connectivity index (χ0) is 26.3. The number of nitrogens with one attached hydrogen (secondary N) is 1. The summed E-state index contributed by atoms with van der Waals surface area (Å²) in [5, 5.41) is 2.64. The van der Waals surface area contributed by atoms with E-state index in [0.717, 1.165) is 24.5 Å². The summed E-state index contributed by atoms with van der Waals surface area (Å²) in [6, 6.07) is 2.49. The number of fused-ring (bicyclic) bond motifs is 1. The molecule has 2 aliphatic rings. The fourth-order valence-electron chi connectivity index (χ4n) is 4.20. The molecule has 1 saturated carbocycles. The summed E-state index contributed by atoms with van der Waals surface area (Å²) in [4.78, 5) is 35.1. The molecule has 194 valence electrons. The van der Waals surface area contributed by atoms with Crippen molar-refractivity contribution < 1.29 is 41.0 Å². The molecule has 4 rings (SSSR count). The third-order valence-corrected chi connectivity index (χ3v) is 6.30. The van der Waals surface area contributed by atoms with Gasteiger partial charge in [-0.3, -0.25) is 14.5 Å². The van der Waals surface area contributed by atoms with Gasteiger partial charge in [0.2, 0.25) is 5.92 Å². The molecule has 2 heterocycles. The second-order valence-corrected chi connectivity index (χ2v) is 8.96. The first-order valence-electron chi connectivity index (χ1n) is 10.8. The Balaban J connectivity index is 1.77. The molecule has 0 unspecified atom stereocenters. The van der Waals surface area contributed by atoms with Crippen LogP contribution < -0.4 is 19.7 Å². The van der Waals surface area contributed by atoms with E-state index in [1.807, 2.05) is 0 Å². The van der Waals surface area contributed by atoms with Gasteiger partial charge in [0.1, 0.15) is 6.33 Å². The Labute approximate surface area is 206 Å². The van der Waals surface area contributed by atoms with E-state index in [4.69, 9.17) is 11.6 Å². The van der Waals surface area contributed by atoms with E-state index in [1.54, 1.807) is 0 Å². The van der Waals surface area contributed by atoms with E-state index in [0.29, 0.717) is 4.90 Å². The van der Waals surface area contributed by atoms with E-state index in [1.165, 1.54) is 19.3 Å². The largest absolute Gasteiger partial charge is 0.586 e. The normalized spacial score (nSPS) is 20.8. The average molecular weight is 535 g/mol. The number of benzene rings is 1. The van der Waals surface area contributed by atoms with Gasteiger partial charge in [-0.2, -0.15) is 0 Å². The van der Waals surface area contributed by atoms with Crippen molar-refractivity contribution in [1.29, 1.82) is 0 Å². The Morgan fingerprint density at radius 3 is 2.36 bits per heavy atom. The van der Waals surface area contributed by atoms with E-state index in [2.05, 4.69) is 24.8 Å². The molecular formula is C22H20ClF5N4O4. The predicted octanol–water partition coefficient (Wildman–Crippen LogP) is 4.28. The third kappa shape index (κ3) is 5.01. The molecule has 1 aromatic carbocycles. The molecule has 1 aliphatic heterocycles. The first kappa shape index (κ1) is 25.9. The smallest absolute Gasteiger partial charge is 0.395 e. The number of anilines is 1. The molecule has 8 nitrogen and oxygen atoms in total. The lowest BCUT2D eigenvalue weighted by atomic mass is 9.87. The quantitative estimate of drug-likeness (QED) is 0.439. The van der Waals surface area contributed by atoms with Gasteiger partial charge in [0.25, 0.3) is 17.4 Å². The van der Waals surface area contributed by atoms with Crippen molar-refractivity contribution in [1.82, 2.24) is 15.3 Å². The number of hydrogen-bond acceptors (Lipinski definition) is 6. The van der Waals surface area contributed by atoms with E-state index < -0.39 is 59.8 Å². The molecular weight excluding hydrogens is 515 g/mol. The molecule has 2 atom stereocenters. The topological polar surface area (TPSA) is 93.7 Å². The number of carbonyl (C=O) groups excluding carboxylic acids is 2. The molecule has 0 radical (unpaired) electrons. The number of halogens is 6. The van der Waals surface area contributed by atoms with Gasteiger partial charge in [-0.1, -0.05) is 11.6 Å². The van der Waals surface area contributed by atoms with Crippen LogP contribution >= 0.6 is 11.6 Å². The number of carbonyl (C=O) groups is 2. The van der Waals surface area contributed by atoms with Crippen molar-refractivity contribution in [2.24, 2.45) is 0 Å². The monoisotopic (exact) mass is 534 g/mol. The standard InChI is InChI=1S/C22H20ClF5N4O4/c1-20(12-9-29-11-30-10-12,19(34)31-13-4-6-21(25,26)7-5-13)32(18(33)17(23)24)14-2-3-15-16(8-14)36-22(27,28)35-15/h2-3,8-11,13,17H,4-7H2,1H3,(H,31,34)/t17-,20+/m0/s1. The highest BCUT2D eigenvalue weighted by molar-refractivity contribution is 6.32. The summed E-state index contributed by atoms with van der Waals surface area (Å²) in [6.07, 6.45) is -1.38. The van der Waals surface area contributed by atoms with Gasteiger partial charge in [0.05, 0.1) is 0 Å². The minimum atomic E-state index is -3.97. The first-order valence-corrected chi connectivity index (χ1v) is 11.2. The van der Waals surface area contributed by atoms with Gasteiger partial charge < -0.3 is 14.8 Å². The van der Waals surface area contributed by atoms with Crippen LogP contribution in [0.3, 0.4) is 0 Å². The lowest BCUT2D eigenvalue weighted by Crippen LogP contribution is -2.60. The van der Waals surface area contributed by atoms with Gasteiger partial charge in [-0.15, -0.1) is 8.78 Å². The fourth-order valence-corrected chi connectivity index (χ4v) is 4.30. The van der Waals surface area contributed by atoms with Crippen LogP contribution in [0.5, 0.6) is 11.5 Å². The number of nitrogens with zero attached hydrogens (tertiary/aromatic N) is 3. The van der Waals surface area contributed by atoms with Crippen LogP contribution in [0.1, 0.15) is 38.2 Å². The minimum Gasteiger partial charge on any atom is -0.395 e. The zero-order valence-electron chi connectivity index (χ0n) is 18.7. The minimum absolute atomic E-state index is 0.0114. The van der Waals surface area contributed by atoms with Crippen LogP contribution in [0.2, 0.25) is 0 Å². The summed E-state index contributed by atoms with van der Waals surface area (Å²) in [5.41, 5.74) is -4.95. The zero-order valence-corrected chi connectivity index (χ0v) is 19.4. The molecule has 2 aromatic rings. The molecule has 1 aromatic heterocycles. The Hall–Kier alpha value is -3.22. The van der Waals surface area contributed by atoms with Gasteiger partial charge in [-0.05, 0) is 31.9 Å². The highest BCUT2D eigenvalue weighted by atomic mass is 35.5. The molecule has 14 heteroatoms. The maximum absolute atomic E-state index is 14.2. The Bertz CT molecular complexity index is 1150. The lowest BCUT2D eigenvalue weighted by Gasteiger charge is -2.41. The van der Waals surface area contributed by atoms with Crippen molar-refractivity contribution in [2.75, 3.05) is 4.90 Å². The van der Waals surface area contributed by atoms with Gasteiger partial charge >= 0.3 is 6.29 Å². The second-order valence-electron chi connectivity index (χ2n) is 8.58. The highest BCUT2D eigenvalue weighted by Crippen LogP contribution is 2.45. The third-order valence-electron chi connectivity index (χ3n) is 6.11. The van der Waals surface area contributed by atoms with E-state index in [9.17, 15) is 31.5 Å². The average Bonchev–Trinajstić information content (AvgIpc) is 3.13. The van der Waals surface area contributed by atoms with Crippen molar-refractivity contribution in [3.8, 4) is 11.5 Å². The summed E-state index contributed by atoms with van der Waals surface area (Å²) in [6.45, 7) is 1.24. The number of rotatable bonds is 6. The van der Waals surface area contributed by atoms with E-state index >= 15 is 0 Å². The maximum atomic E-state index is 14.2. The highest BCUT2D eigenvalue weighted by Gasteiger charge is 2.49. The second kappa shape index (κ2) is 9.34. The van der Waals surface area contributed by atoms with Crippen LogP contribution in [0.15, 0.2) is 36.9 Å². The summed E-state index contributed by atoms with van der Waals surface area (Å²) < 4.78 is 77.3. The predicted molar refractivity (Wildman–Crippen MR) is 116 cm³/mol. The fraction of sp³-hybridized carbons (Fsp3) is 0.455. The van der Waals surface area contributed by atoms with Crippen LogP contribution in [0.25, 0.3) is 0 Å². The molecule has 1 N–H and O–H groups in total. The summed E-state index contributed by atoms with van der Waals surface area (Å²) >= 11 is 5.48. The number of hydrogen-bond donors (Lipinski definition) is 1. The van der Waals surface area contributed by atoms with Crippen LogP contribution in [0.4, 0.5) is 27.6 Å². The molecule has 0 bridgehead atoms. The molecule has 0 saturated heterocycles. The molecule has 1 fully saturated rings. The van der Waals surface area contributed by atoms with Crippen molar-refractivity contribution >= 4 is 29.1 Å². The van der Waals surface area contributed by atoms with Gasteiger partial charge in [0.15, 0.2) is 17.0 Å². The SMILES string of the molecule is C[C@](C(=O)NC1CCC(F)(F)CC1)(c1cncnc1)N(C(=O)[C@H](F)Cl)c1ccc2c(c1)OC(F)(F)O2. The van der Waals surface area contributed by atoms with Crippen molar-refractivity contribution in [3.63, 3.8) is 0 Å². The van der Waals surface area contributed by atoms with Gasteiger partial charge in [0, 0.05) is 48.6 Å². The molecule has 36 heavy (non-hydrogen) atoms. The lowest BCUT2D eigenvalue weighted by molar-refractivity contribution is -0.286. The molecule has 0 spiro atoms. The van der Waals surface area contributed by atoms with Crippen LogP contribution in [-0.4, -0.2) is 45.7 Å². The van der Waals surface area contributed by atoms with Crippen LogP contribution in [-0.2, 0) is 15.1 Å². The summed E-state index contributed by atoms with van der Waals surface area (Å²) in [5.74, 6) is -5.95. The number of aromatic nitrogens is 2. The van der Waals surface area contributed by atoms with Crippen LogP contribution in [0, 0.1) is 0 Å². The Morgan fingerprint density at radius 1 is 1.14 bits per heavy atom. The van der Waals surface area contributed by atoms with Crippen molar-refractivity contribution in [3.05, 3.63) is 42.5 Å². The number of ether oxygens (including phenoxy) is 2. The molecule has 1 aliphatic carbocycles. The Kier molecular flexibility index (Phi) is 6.71. The first-order chi connectivity index (χ1) is 16.8. The number of amides is 2. The molecule has 2 amide bonds. The summed E-state index contributed by atoms with van der Waals surface area (Å²) in [7, 11) is 0. The number of alkyl halides is 6.